The molecular weight excluding hydrogens is 347 g/mol. The minimum Gasteiger partial charge on any atom is -0.368 e. The number of rotatable bonds is 2. The largest absolute Gasteiger partial charge is 0.368 e. The molecule has 3 aromatic rings. The minimum absolute atomic E-state index is 0.188. The normalized spacial score (nSPS) is 11.2. The second-order valence-corrected chi connectivity index (χ2v) is 5.56. The van der Waals surface area contributed by atoms with E-state index in [1.807, 2.05) is 6.26 Å². The van der Waals surface area contributed by atoms with Crippen molar-refractivity contribution in [1.82, 2.24) is 24.6 Å². The smallest absolute Gasteiger partial charge is 0.258 e. The minimum atomic E-state index is -0.378. The Kier molecular flexibility index (Phi) is 3.30. The van der Waals surface area contributed by atoms with Crippen LogP contribution in [0.2, 0.25) is 0 Å². The zero-order valence-electron chi connectivity index (χ0n) is 10.2. The molecule has 2 N–H and O–H groups in total. The summed E-state index contributed by atoms with van der Waals surface area (Å²) in [5, 5.41) is 4.71. The lowest BCUT2D eigenvalue weighted by Crippen LogP contribution is -2.04. The third-order valence-corrected chi connectivity index (χ3v) is 3.52. The molecule has 2 heterocycles. The Morgan fingerprint density at radius 3 is 2.75 bits per heavy atom. The summed E-state index contributed by atoms with van der Waals surface area (Å²) in [4.78, 5) is 12.5. The lowest BCUT2D eigenvalue weighted by Gasteiger charge is -1.98. The molecule has 2 aromatic heterocycles. The molecule has 0 saturated carbocycles. The molecule has 0 spiro atoms. The van der Waals surface area contributed by atoms with Crippen molar-refractivity contribution in [3.63, 3.8) is 0 Å². The number of hydrogen-bond acceptors (Lipinski definition) is 6. The Bertz CT molecular complexity index is 785. The van der Waals surface area contributed by atoms with Gasteiger partial charge in [0.25, 0.3) is 5.78 Å². The highest BCUT2D eigenvalue weighted by molar-refractivity contribution is 9.10. The molecule has 0 aliphatic heterocycles. The zero-order chi connectivity index (χ0) is 14.3. The number of aromatic nitrogens is 5. The van der Waals surface area contributed by atoms with Crippen molar-refractivity contribution in [2.45, 2.75) is 5.16 Å². The van der Waals surface area contributed by atoms with Crippen LogP contribution >= 0.6 is 27.7 Å². The van der Waals surface area contributed by atoms with Crippen LogP contribution in [0.1, 0.15) is 0 Å². The third kappa shape index (κ3) is 2.34. The number of benzene rings is 1. The molecule has 0 saturated heterocycles. The highest BCUT2D eigenvalue weighted by Crippen LogP contribution is 2.23. The maximum atomic E-state index is 13.4. The molecule has 6 nitrogen and oxygen atoms in total. The van der Waals surface area contributed by atoms with E-state index in [4.69, 9.17) is 5.73 Å². The van der Waals surface area contributed by atoms with Gasteiger partial charge in [-0.3, -0.25) is 0 Å². The molecule has 0 fully saturated rings. The summed E-state index contributed by atoms with van der Waals surface area (Å²) < 4.78 is 15.4. The maximum absolute atomic E-state index is 13.4. The highest BCUT2D eigenvalue weighted by Gasteiger charge is 2.13. The molecule has 20 heavy (non-hydrogen) atoms. The van der Waals surface area contributed by atoms with Gasteiger partial charge in [0, 0.05) is 10.0 Å². The van der Waals surface area contributed by atoms with Crippen LogP contribution in [-0.2, 0) is 0 Å². The van der Waals surface area contributed by atoms with Crippen molar-refractivity contribution < 1.29 is 4.39 Å². The van der Waals surface area contributed by atoms with Crippen molar-refractivity contribution in [2.75, 3.05) is 12.0 Å². The van der Waals surface area contributed by atoms with Crippen LogP contribution in [0.4, 0.5) is 10.3 Å². The molecule has 1 aromatic carbocycles. The van der Waals surface area contributed by atoms with Crippen LogP contribution in [0.3, 0.4) is 0 Å². The van der Waals surface area contributed by atoms with E-state index < -0.39 is 0 Å². The Balaban J connectivity index is 2.20. The Morgan fingerprint density at radius 1 is 1.25 bits per heavy atom. The second-order valence-electron chi connectivity index (χ2n) is 3.87. The predicted octanol–water partition coefficient (Wildman–Crippen LogP) is 2.39. The van der Waals surface area contributed by atoms with E-state index in [1.54, 1.807) is 6.07 Å². The first-order chi connectivity index (χ1) is 9.56. The molecule has 0 radical (unpaired) electrons. The topological polar surface area (TPSA) is 82.0 Å². The summed E-state index contributed by atoms with van der Waals surface area (Å²) in [6.45, 7) is 0. The van der Waals surface area contributed by atoms with Crippen LogP contribution in [0.5, 0.6) is 0 Å². The standard InChI is InChI=1S/C11H8BrFN6S/c1-20-11-16-9(14)19-10(17-11)15-8(18-19)5-2-6(12)4-7(13)3-5/h2-4H,1H3,(H2,14,15,16,17,18). The summed E-state index contributed by atoms with van der Waals surface area (Å²) in [7, 11) is 0. The SMILES string of the molecule is CSc1nc(N)n2nc(-c3cc(F)cc(Br)c3)nc2n1. The van der Waals surface area contributed by atoms with E-state index in [0.29, 0.717) is 26.8 Å². The van der Waals surface area contributed by atoms with Crippen LogP contribution in [0.15, 0.2) is 27.8 Å². The fourth-order valence-corrected chi connectivity index (χ4v) is 2.51. The third-order valence-electron chi connectivity index (χ3n) is 2.52. The number of thioether (sulfide) groups is 1. The van der Waals surface area contributed by atoms with Crippen LogP contribution in [0, 0.1) is 5.82 Å². The number of halogens is 2. The van der Waals surface area contributed by atoms with Crippen molar-refractivity contribution in [3.8, 4) is 11.4 Å². The molecule has 9 heteroatoms. The maximum Gasteiger partial charge on any atom is 0.258 e. The molecule has 102 valence electrons. The number of nitrogens with zero attached hydrogens (tertiary/aromatic N) is 5. The first-order valence-electron chi connectivity index (χ1n) is 5.47. The van der Waals surface area contributed by atoms with Gasteiger partial charge in [0.1, 0.15) is 5.82 Å². The van der Waals surface area contributed by atoms with Gasteiger partial charge >= 0.3 is 0 Å². The number of nitrogens with two attached hydrogens (primary N) is 1. The number of nitrogen functional groups attached to an aromatic ring is 1. The van der Waals surface area contributed by atoms with Crippen molar-refractivity contribution in [3.05, 3.63) is 28.5 Å². The van der Waals surface area contributed by atoms with Gasteiger partial charge in [-0.25, -0.2) is 4.39 Å². The monoisotopic (exact) mass is 354 g/mol. The van der Waals surface area contributed by atoms with Crippen LogP contribution in [-0.4, -0.2) is 30.8 Å². The first-order valence-corrected chi connectivity index (χ1v) is 7.49. The first kappa shape index (κ1) is 13.3. The van der Waals surface area contributed by atoms with Gasteiger partial charge in [-0.05, 0) is 24.5 Å². The quantitative estimate of drug-likeness (QED) is 0.711. The fourth-order valence-electron chi connectivity index (χ4n) is 1.68. The van der Waals surface area contributed by atoms with E-state index in [-0.39, 0.29) is 11.8 Å². The zero-order valence-corrected chi connectivity index (χ0v) is 12.6. The molecule has 0 unspecified atom stereocenters. The van der Waals surface area contributed by atoms with Gasteiger partial charge in [0.2, 0.25) is 5.95 Å². The summed E-state index contributed by atoms with van der Waals surface area (Å²) in [5.41, 5.74) is 6.33. The van der Waals surface area contributed by atoms with E-state index in [2.05, 4.69) is 36.0 Å². The van der Waals surface area contributed by atoms with Gasteiger partial charge in [-0.15, -0.1) is 5.10 Å². The van der Waals surface area contributed by atoms with Gasteiger partial charge in [-0.1, -0.05) is 27.7 Å². The number of hydrogen-bond donors (Lipinski definition) is 1. The molecule has 0 aliphatic carbocycles. The van der Waals surface area contributed by atoms with E-state index in [1.165, 1.54) is 28.4 Å². The van der Waals surface area contributed by atoms with Crippen molar-refractivity contribution in [2.24, 2.45) is 0 Å². The highest BCUT2D eigenvalue weighted by atomic mass is 79.9. The average Bonchev–Trinajstić information content (AvgIpc) is 2.82. The summed E-state index contributed by atoms with van der Waals surface area (Å²) in [6.07, 6.45) is 1.84. The number of anilines is 1. The Hall–Kier alpha value is -1.74. The average molecular weight is 355 g/mol. The molecular formula is C11H8BrFN6S. The van der Waals surface area contributed by atoms with Gasteiger partial charge in [-0.2, -0.15) is 19.5 Å². The van der Waals surface area contributed by atoms with E-state index in [0.717, 1.165) is 0 Å². The van der Waals surface area contributed by atoms with Gasteiger partial charge < -0.3 is 5.73 Å². The second kappa shape index (κ2) is 4.98. The van der Waals surface area contributed by atoms with Crippen molar-refractivity contribution in [1.29, 1.82) is 0 Å². The van der Waals surface area contributed by atoms with E-state index in [9.17, 15) is 4.39 Å². The predicted molar refractivity (Wildman–Crippen MR) is 77.9 cm³/mol. The lowest BCUT2D eigenvalue weighted by atomic mass is 10.2. The van der Waals surface area contributed by atoms with Crippen LogP contribution in [0.25, 0.3) is 17.2 Å². The lowest BCUT2D eigenvalue weighted by molar-refractivity contribution is 0.627. The summed E-state index contributed by atoms with van der Waals surface area (Å²) >= 11 is 4.59. The van der Waals surface area contributed by atoms with Crippen LogP contribution < -0.4 is 5.73 Å². The molecule has 3 rings (SSSR count). The summed E-state index contributed by atoms with van der Waals surface area (Å²) in [6, 6.07) is 4.43. The molecule has 0 bridgehead atoms. The van der Waals surface area contributed by atoms with E-state index >= 15 is 0 Å². The fraction of sp³-hybridized carbons (Fsp3) is 0.0909. The molecule has 0 atom stereocenters. The molecule has 0 amide bonds. The van der Waals surface area contributed by atoms with Crippen molar-refractivity contribution >= 4 is 39.4 Å². The number of fused-ring (bicyclic) bond motifs is 1. The van der Waals surface area contributed by atoms with Gasteiger partial charge in [0.15, 0.2) is 11.0 Å². The Labute approximate surface area is 125 Å². The molecule has 0 aliphatic rings. The summed E-state index contributed by atoms with van der Waals surface area (Å²) in [5.74, 6) is 0.479. The van der Waals surface area contributed by atoms with Gasteiger partial charge in [0.05, 0.1) is 0 Å². The Morgan fingerprint density at radius 2 is 2.05 bits per heavy atom.